The molecule has 4 heterocycles. The fourth-order valence-corrected chi connectivity index (χ4v) is 5.59. The molecule has 0 unspecified atom stereocenters. The average molecular weight is 583 g/mol. The number of morpholine rings is 1. The number of imidazole rings is 1. The summed E-state index contributed by atoms with van der Waals surface area (Å²) >= 11 is 0. The van der Waals surface area contributed by atoms with Gasteiger partial charge >= 0.3 is 0 Å². The van der Waals surface area contributed by atoms with E-state index < -0.39 is 15.9 Å². The van der Waals surface area contributed by atoms with E-state index in [1.165, 1.54) is 0 Å². The van der Waals surface area contributed by atoms with Crippen molar-refractivity contribution in [3.8, 4) is 11.3 Å². The van der Waals surface area contributed by atoms with Gasteiger partial charge in [0.15, 0.2) is 5.65 Å². The van der Waals surface area contributed by atoms with Crippen LogP contribution in [0.3, 0.4) is 0 Å². The molecule has 1 aliphatic heterocycles. The van der Waals surface area contributed by atoms with Gasteiger partial charge in [0.05, 0.1) is 48.3 Å². The molecule has 0 saturated carbocycles. The molecule has 11 heteroatoms. The standard InChI is InChI=1S/C31H30N6O4S/c1-42(39,40)35-29(38)15-8-22-6-9-24(10-7-22)30-27(14-13-25-12-11-23-4-2-3-5-26(23)33-25)34-31-28(16-17-32-37(30)31)36-18-20-41-21-19-36/h2-7,9-14,16-17H,8,15,18-21H2,1H3,(H,35,38). The smallest absolute Gasteiger partial charge is 0.233 e. The number of pyridine rings is 1. The van der Waals surface area contributed by atoms with Gasteiger partial charge < -0.3 is 9.64 Å². The van der Waals surface area contributed by atoms with Crippen LogP contribution < -0.4 is 9.62 Å². The number of fused-ring (bicyclic) bond motifs is 2. The summed E-state index contributed by atoms with van der Waals surface area (Å²) in [5.41, 5.74) is 6.89. The van der Waals surface area contributed by atoms with E-state index in [2.05, 4.69) is 16.1 Å². The van der Waals surface area contributed by atoms with Crippen molar-refractivity contribution < 1.29 is 17.9 Å². The van der Waals surface area contributed by atoms with Crippen LogP contribution in [0.15, 0.2) is 72.9 Å². The quantitative estimate of drug-likeness (QED) is 0.292. The summed E-state index contributed by atoms with van der Waals surface area (Å²) in [5.74, 6) is -0.530. The van der Waals surface area contributed by atoms with Crippen LogP contribution in [0.1, 0.15) is 23.4 Å². The Balaban J connectivity index is 1.36. The van der Waals surface area contributed by atoms with E-state index in [4.69, 9.17) is 14.7 Å². The second-order valence-electron chi connectivity index (χ2n) is 10.2. The minimum absolute atomic E-state index is 0.0687. The van der Waals surface area contributed by atoms with Crippen LogP contribution in [0.5, 0.6) is 0 Å². The van der Waals surface area contributed by atoms with Gasteiger partial charge in [0, 0.05) is 30.5 Å². The van der Waals surface area contributed by atoms with Gasteiger partial charge in [-0.25, -0.2) is 22.9 Å². The van der Waals surface area contributed by atoms with Gasteiger partial charge in [-0.1, -0.05) is 48.5 Å². The van der Waals surface area contributed by atoms with Gasteiger partial charge in [-0.05, 0) is 42.3 Å². The maximum absolute atomic E-state index is 12.0. The predicted octanol–water partition coefficient (Wildman–Crippen LogP) is 3.96. The normalized spacial score (nSPS) is 14.2. The fourth-order valence-electron chi connectivity index (χ4n) is 5.07. The Labute approximate surface area is 243 Å². The molecule has 6 rings (SSSR count). The number of nitrogens with zero attached hydrogens (tertiary/aromatic N) is 5. The highest BCUT2D eigenvalue weighted by Crippen LogP contribution is 2.31. The molecule has 1 amide bonds. The Bertz CT molecular complexity index is 1890. The van der Waals surface area contributed by atoms with Gasteiger partial charge in [-0.3, -0.25) is 9.52 Å². The molecule has 1 aliphatic rings. The molecule has 42 heavy (non-hydrogen) atoms. The van der Waals surface area contributed by atoms with E-state index in [1.807, 2.05) is 82.1 Å². The summed E-state index contributed by atoms with van der Waals surface area (Å²) in [4.78, 5) is 24.1. The molecule has 1 fully saturated rings. The second-order valence-corrected chi connectivity index (χ2v) is 11.9. The topological polar surface area (TPSA) is 119 Å². The van der Waals surface area contributed by atoms with Crippen molar-refractivity contribution in [3.63, 3.8) is 0 Å². The first-order valence-corrected chi connectivity index (χ1v) is 15.6. The van der Waals surface area contributed by atoms with Crippen molar-refractivity contribution in [3.05, 3.63) is 89.9 Å². The summed E-state index contributed by atoms with van der Waals surface area (Å²) in [6.07, 6.45) is 7.16. The lowest BCUT2D eigenvalue weighted by atomic mass is 10.0. The lowest BCUT2D eigenvalue weighted by Gasteiger charge is -2.28. The van der Waals surface area contributed by atoms with Crippen LogP contribution >= 0.6 is 0 Å². The number of sulfonamides is 1. The third kappa shape index (κ3) is 6.17. The second kappa shape index (κ2) is 11.7. The summed E-state index contributed by atoms with van der Waals surface area (Å²) in [6.45, 7) is 2.86. The number of carbonyl (C=O) groups is 1. The van der Waals surface area contributed by atoms with Crippen LogP contribution in [-0.2, 0) is 26.0 Å². The van der Waals surface area contributed by atoms with Crippen LogP contribution in [-0.4, -0.2) is 66.5 Å². The van der Waals surface area contributed by atoms with Crippen molar-refractivity contribution in [1.82, 2.24) is 24.3 Å². The minimum atomic E-state index is -3.58. The van der Waals surface area contributed by atoms with Crippen molar-refractivity contribution in [2.75, 3.05) is 37.5 Å². The number of ether oxygens (including phenoxy) is 1. The number of para-hydroxylation sites is 1. The number of nitrogens with one attached hydrogen (secondary N) is 1. The lowest BCUT2D eigenvalue weighted by molar-refractivity contribution is -0.119. The van der Waals surface area contributed by atoms with Crippen LogP contribution in [0.2, 0.25) is 0 Å². The van der Waals surface area contributed by atoms with E-state index >= 15 is 0 Å². The maximum Gasteiger partial charge on any atom is 0.233 e. The highest BCUT2D eigenvalue weighted by atomic mass is 32.2. The molecular formula is C31H30N6O4S. The molecular weight excluding hydrogens is 552 g/mol. The van der Waals surface area contributed by atoms with Crippen molar-refractivity contribution >= 4 is 50.3 Å². The molecule has 2 aromatic carbocycles. The zero-order valence-corrected chi connectivity index (χ0v) is 23.9. The first-order valence-electron chi connectivity index (χ1n) is 13.7. The molecule has 0 spiro atoms. The van der Waals surface area contributed by atoms with E-state index in [1.54, 1.807) is 6.20 Å². The van der Waals surface area contributed by atoms with Crippen LogP contribution in [0.25, 0.3) is 40.0 Å². The van der Waals surface area contributed by atoms with Gasteiger partial charge in [0.25, 0.3) is 0 Å². The van der Waals surface area contributed by atoms with Gasteiger partial charge in [0.2, 0.25) is 15.9 Å². The first-order chi connectivity index (χ1) is 20.3. The Morgan fingerprint density at radius 1 is 0.976 bits per heavy atom. The Morgan fingerprint density at radius 3 is 2.55 bits per heavy atom. The van der Waals surface area contributed by atoms with Crippen molar-refractivity contribution in [2.24, 2.45) is 0 Å². The first kappa shape index (κ1) is 27.6. The summed E-state index contributed by atoms with van der Waals surface area (Å²) in [7, 11) is -3.58. The van der Waals surface area contributed by atoms with Crippen LogP contribution in [0.4, 0.5) is 5.69 Å². The molecule has 10 nitrogen and oxygen atoms in total. The van der Waals surface area contributed by atoms with Crippen LogP contribution in [0, 0.1) is 0 Å². The number of anilines is 1. The van der Waals surface area contributed by atoms with Gasteiger partial charge in [0.1, 0.15) is 5.69 Å². The Morgan fingerprint density at radius 2 is 1.76 bits per heavy atom. The number of carbonyl (C=O) groups excluding carboxylic acids is 1. The van der Waals surface area contributed by atoms with E-state index in [-0.39, 0.29) is 6.42 Å². The van der Waals surface area contributed by atoms with E-state index in [0.717, 1.165) is 69.8 Å². The zero-order chi connectivity index (χ0) is 29.1. The van der Waals surface area contributed by atoms with Gasteiger partial charge in [-0.2, -0.15) is 5.10 Å². The number of amides is 1. The predicted molar refractivity (Wildman–Crippen MR) is 163 cm³/mol. The monoisotopic (exact) mass is 582 g/mol. The Hall–Kier alpha value is -4.61. The summed E-state index contributed by atoms with van der Waals surface area (Å²) in [5, 5.41) is 5.76. The molecule has 1 saturated heterocycles. The molecule has 0 aliphatic carbocycles. The SMILES string of the molecule is CS(=O)(=O)NC(=O)CCc1ccc(-c2c(C=Cc3ccc4ccccc4n3)nc3c(N4CCOCC4)ccnn23)cc1. The summed E-state index contributed by atoms with van der Waals surface area (Å²) < 4.78 is 32.1. The number of aryl methyl sites for hydroxylation is 1. The number of benzene rings is 2. The molecule has 214 valence electrons. The van der Waals surface area contributed by atoms with E-state index in [0.29, 0.717) is 19.6 Å². The Kier molecular flexibility index (Phi) is 7.68. The molecule has 0 radical (unpaired) electrons. The highest BCUT2D eigenvalue weighted by Gasteiger charge is 2.20. The molecule has 0 bridgehead atoms. The van der Waals surface area contributed by atoms with Crippen molar-refractivity contribution in [1.29, 1.82) is 0 Å². The molecule has 5 aromatic rings. The van der Waals surface area contributed by atoms with E-state index in [9.17, 15) is 13.2 Å². The number of aromatic nitrogens is 4. The third-order valence-electron chi connectivity index (χ3n) is 7.08. The largest absolute Gasteiger partial charge is 0.378 e. The molecule has 1 N–H and O–H groups in total. The highest BCUT2D eigenvalue weighted by molar-refractivity contribution is 7.89. The van der Waals surface area contributed by atoms with Gasteiger partial charge in [-0.15, -0.1) is 0 Å². The number of hydrogen-bond acceptors (Lipinski definition) is 8. The van der Waals surface area contributed by atoms with Crippen molar-refractivity contribution in [2.45, 2.75) is 12.8 Å². The lowest BCUT2D eigenvalue weighted by Crippen LogP contribution is -2.36. The minimum Gasteiger partial charge on any atom is -0.378 e. The fraction of sp³-hybridized carbons (Fsp3) is 0.226. The molecule has 0 atom stereocenters. The average Bonchev–Trinajstić information content (AvgIpc) is 3.37. The summed E-state index contributed by atoms with van der Waals surface area (Å²) in [6, 6.07) is 21.9. The molecule has 3 aromatic heterocycles. The number of rotatable bonds is 8. The zero-order valence-electron chi connectivity index (χ0n) is 23.1. The maximum atomic E-state index is 12.0. The number of hydrogen-bond donors (Lipinski definition) is 1. The third-order valence-corrected chi connectivity index (χ3v) is 7.67.